The number of hydrogen-bond acceptors (Lipinski definition) is 4. The maximum absolute atomic E-state index is 12.4. The number of pyridine rings is 1. The Bertz CT molecular complexity index is 859. The van der Waals surface area contributed by atoms with Crippen molar-refractivity contribution in [3.05, 3.63) is 48.2 Å². The number of nitrogens with zero attached hydrogens (tertiary/aromatic N) is 1. The van der Waals surface area contributed by atoms with Gasteiger partial charge in [0.15, 0.2) is 0 Å². The van der Waals surface area contributed by atoms with Crippen molar-refractivity contribution < 1.29 is 13.2 Å². The van der Waals surface area contributed by atoms with Crippen LogP contribution in [-0.2, 0) is 14.8 Å². The number of rotatable bonds is 6. The Labute approximate surface area is 148 Å². The molecule has 25 heavy (non-hydrogen) atoms. The zero-order valence-electron chi connectivity index (χ0n) is 14.8. The van der Waals surface area contributed by atoms with Crippen LogP contribution >= 0.6 is 0 Å². The van der Waals surface area contributed by atoms with Gasteiger partial charge in [0, 0.05) is 16.8 Å². The summed E-state index contributed by atoms with van der Waals surface area (Å²) in [5.41, 5.74) is 0.791. The highest BCUT2D eigenvalue weighted by molar-refractivity contribution is 7.92. The van der Waals surface area contributed by atoms with E-state index in [-0.39, 0.29) is 16.6 Å². The van der Waals surface area contributed by atoms with Crippen molar-refractivity contribution in [2.24, 2.45) is 5.41 Å². The molecule has 0 saturated carbocycles. The molecule has 0 aliphatic carbocycles. The molecule has 0 saturated heterocycles. The van der Waals surface area contributed by atoms with Crippen molar-refractivity contribution in [2.45, 2.75) is 39.0 Å². The molecule has 0 aliphatic rings. The summed E-state index contributed by atoms with van der Waals surface area (Å²) in [6.45, 7) is 7.45. The first kappa shape index (κ1) is 18.9. The lowest BCUT2D eigenvalue weighted by Gasteiger charge is -2.21. The van der Waals surface area contributed by atoms with Crippen LogP contribution in [0.15, 0.2) is 47.4 Å². The zero-order chi connectivity index (χ0) is 18.7. The van der Waals surface area contributed by atoms with Crippen LogP contribution in [0.1, 0.15) is 32.9 Å². The number of carbonyl (C=O) groups excluding carboxylic acids is 1. The lowest BCUT2D eigenvalue weighted by Crippen LogP contribution is -2.29. The van der Waals surface area contributed by atoms with Crippen molar-refractivity contribution in [3.8, 4) is 0 Å². The van der Waals surface area contributed by atoms with Gasteiger partial charge in [-0.1, -0.05) is 26.8 Å². The third-order valence-electron chi connectivity index (χ3n) is 4.05. The number of nitrogens with one attached hydrogen (secondary N) is 2. The average Bonchev–Trinajstić information content (AvgIpc) is 2.55. The molecule has 1 amide bonds. The lowest BCUT2D eigenvalue weighted by molar-refractivity contribution is -0.124. The molecule has 2 N–H and O–H groups in total. The number of aromatic nitrogens is 1. The Hall–Kier alpha value is -2.41. The van der Waals surface area contributed by atoms with Crippen LogP contribution in [0.25, 0.3) is 0 Å². The fraction of sp³-hybridized carbons (Fsp3) is 0.333. The van der Waals surface area contributed by atoms with Gasteiger partial charge in [-0.2, -0.15) is 0 Å². The Balaban J connectivity index is 2.14. The molecule has 0 fully saturated rings. The first-order valence-corrected chi connectivity index (χ1v) is 9.50. The van der Waals surface area contributed by atoms with Crippen molar-refractivity contribution in [2.75, 3.05) is 10.0 Å². The molecule has 1 aromatic heterocycles. The van der Waals surface area contributed by atoms with E-state index >= 15 is 0 Å². The third kappa shape index (κ3) is 4.79. The highest BCUT2D eigenvalue weighted by atomic mass is 32.2. The number of hydrogen-bond donors (Lipinski definition) is 2. The molecule has 0 aliphatic heterocycles. The molecule has 134 valence electrons. The fourth-order valence-electron chi connectivity index (χ4n) is 1.97. The van der Waals surface area contributed by atoms with Crippen molar-refractivity contribution in [1.29, 1.82) is 0 Å². The molecule has 1 aromatic carbocycles. The van der Waals surface area contributed by atoms with Crippen molar-refractivity contribution >= 4 is 27.4 Å². The van der Waals surface area contributed by atoms with Crippen LogP contribution in [0.2, 0.25) is 0 Å². The van der Waals surface area contributed by atoms with Gasteiger partial charge < -0.3 is 5.32 Å². The summed E-state index contributed by atoms with van der Waals surface area (Å²) in [7, 11) is -3.73. The van der Waals surface area contributed by atoms with Crippen LogP contribution in [-0.4, -0.2) is 19.3 Å². The third-order valence-corrected chi connectivity index (χ3v) is 5.42. The fourth-order valence-corrected chi connectivity index (χ4v) is 2.98. The summed E-state index contributed by atoms with van der Waals surface area (Å²) in [5.74, 6) is 0.162. The van der Waals surface area contributed by atoms with E-state index in [1.807, 2.05) is 20.8 Å². The second kappa shape index (κ2) is 7.23. The highest BCUT2D eigenvalue weighted by Crippen LogP contribution is 2.23. The van der Waals surface area contributed by atoms with E-state index in [4.69, 9.17) is 0 Å². The molecular formula is C18H23N3O3S. The Morgan fingerprint density at radius 2 is 1.76 bits per heavy atom. The molecule has 0 unspecified atom stereocenters. The summed E-state index contributed by atoms with van der Waals surface area (Å²) in [6.07, 6.45) is 0.707. The Morgan fingerprint density at radius 3 is 2.32 bits per heavy atom. The largest absolute Gasteiger partial charge is 0.326 e. The summed E-state index contributed by atoms with van der Waals surface area (Å²) in [4.78, 5) is 16.4. The van der Waals surface area contributed by atoms with Crippen LogP contribution in [0, 0.1) is 12.3 Å². The van der Waals surface area contributed by atoms with Gasteiger partial charge in [-0.05, 0) is 49.7 Å². The van der Waals surface area contributed by atoms with Gasteiger partial charge in [-0.15, -0.1) is 0 Å². The molecule has 2 rings (SSSR count). The Kier molecular flexibility index (Phi) is 5.47. The minimum absolute atomic E-state index is 0.101. The number of anilines is 2. The predicted molar refractivity (Wildman–Crippen MR) is 98.9 cm³/mol. The molecule has 0 bridgehead atoms. The van der Waals surface area contributed by atoms with Crippen LogP contribution < -0.4 is 10.0 Å². The van der Waals surface area contributed by atoms with E-state index in [0.29, 0.717) is 12.1 Å². The molecule has 0 atom stereocenters. The first-order valence-electron chi connectivity index (χ1n) is 8.02. The van der Waals surface area contributed by atoms with Crippen LogP contribution in [0.5, 0.6) is 0 Å². The molecule has 0 radical (unpaired) electrons. The first-order chi connectivity index (χ1) is 11.6. The van der Waals surface area contributed by atoms with E-state index in [9.17, 15) is 13.2 Å². The zero-order valence-corrected chi connectivity index (χ0v) is 15.6. The Morgan fingerprint density at radius 1 is 1.12 bits per heavy atom. The number of aryl methyl sites for hydroxylation is 1. The minimum atomic E-state index is -3.73. The second-order valence-electron chi connectivity index (χ2n) is 6.49. The molecular weight excluding hydrogens is 338 g/mol. The predicted octanol–water partition coefficient (Wildman–Crippen LogP) is 3.57. The van der Waals surface area contributed by atoms with Gasteiger partial charge in [0.25, 0.3) is 10.0 Å². The number of benzene rings is 1. The summed E-state index contributed by atoms with van der Waals surface area (Å²) in [6, 6.07) is 11.1. The quantitative estimate of drug-likeness (QED) is 0.823. The van der Waals surface area contributed by atoms with E-state index < -0.39 is 15.4 Å². The van der Waals surface area contributed by atoms with Gasteiger partial charge in [0.05, 0.1) is 4.90 Å². The average molecular weight is 361 g/mol. The molecule has 7 heteroatoms. The minimum Gasteiger partial charge on any atom is -0.326 e. The second-order valence-corrected chi connectivity index (χ2v) is 8.17. The SMILES string of the molecule is CCC(C)(C)C(=O)Nc1ccc(S(=O)(=O)Nc2cccc(C)n2)cc1. The number of sulfonamides is 1. The lowest BCUT2D eigenvalue weighted by atomic mass is 9.89. The summed E-state index contributed by atoms with van der Waals surface area (Å²) in [5, 5.41) is 2.80. The van der Waals surface area contributed by atoms with Crippen molar-refractivity contribution in [1.82, 2.24) is 4.98 Å². The van der Waals surface area contributed by atoms with Gasteiger partial charge in [0.1, 0.15) is 5.82 Å². The van der Waals surface area contributed by atoms with Gasteiger partial charge in [0.2, 0.25) is 5.91 Å². The van der Waals surface area contributed by atoms with Crippen LogP contribution in [0.3, 0.4) is 0 Å². The van der Waals surface area contributed by atoms with Gasteiger partial charge >= 0.3 is 0 Å². The highest BCUT2D eigenvalue weighted by Gasteiger charge is 2.25. The van der Waals surface area contributed by atoms with E-state index in [1.165, 1.54) is 12.1 Å². The van der Waals surface area contributed by atoms with Crippen LogP contribution in [0.4, 0.5) is 11.5 Å². The topological polar surface area (TPSA) is 88.2 Å². The maximum atomic E-state index is 12.4. The summed E-state index contributed by atoms with van der Waals surface area (Å²) < 4.78 is 27.3. The van der Waals surface area contributed by atoms with Gasteiger partial charge in [-0.25, -0.2) is 13.4 Å². The van der Waals surface area contributed by atoms with E-state index in [2.05, 4.69) is 15.0 Å². The number of amides is 1. The molecule has 2 aromatic rings. The maximum Gasteiger partial charge on any atom is 0.263 e. The standard InChI is InChI=1S/C18H23N3O3S/c1-5-18(3,4)17(22)20-14-9-11-15(12-10-14)25(23,24)21-16-8-6-7-13(2)19-16/h6-12H,5H2,1-4H3,(H,19,21)(H,20,22). The molecule has 1 heterocycles. The smallest absolute Gasteiger partial charge is 0.263 e. The summed E-state index contributed by atoms with van der Waals surface area (Å²) >= 11 is 0. The van der Waals surface area contributed by atoms with Crippen molar-refractivity contribution in [3.63, 3.8) is 0 Å². The molecule has 6 nitrogen and oxygen atoms in total. The van der Waals surface area contributed by atoms with Gasteiger partial charge in [-0.3, -0.25) is 9.52 Å². The number of carbonyl (C=O) groups is 1. The monoisotopic (exact) mass is 361 g/mol. The normalized spacial score (nSPS) is 11.8. The van der Waals surface area contributed by atoms with E-state index in [0.717, 1.165) is 5.69 Å². The molecule has 0 spiro atoms. The van der Waals surface area contributed by atoms with E-state index in [1.54, 1.807) is 37.3 Å².